The van der Waals surface area contributed by atoms with Crippen LogP contribution in [-0.4, -0.2) is 0 Å². The summed E-state index contributed by atoms with van der Waals surface area (Å²) in [5.74, 6) is -0.207. The summed E-state index contributed by atoms with van der Waals surface area (Å²) >= 11 is 3.60. The summed E-state index contributed by atoms with van der Waals surface area (Å²) in [6.45, 7) is 6.56. The van der Waals surface area contributed by atoms with E-state index in [1.165, 1.54) is 17.7 Å². The molecule has 0 saturated heterocycles. The standard InChI is InChI=1S/C16H16BrF/c1-16(2,3)12-6-9-14(15(17)10-12)11-4-7-13(18)8-5-11/h4-10H,1-3H3. The summed E-state index contributed by atoms with van der Waals surface area (Å²) < 4.78 is 14.0. The van der Waals surface area contributed by atoms with Gasteiger partial charge in [0.05, 0.1) is 0 Å². The van der Waals surface area contributed by atoms with E-state index in [-0.39, 0.29) is 11.2 Å². The van der Waals surface area contributed by atoms with Crippen LogP contribution >= 0.6 is 15.9 Å². The molecular weight excluding hydrogens is 291 g/mol. The van der Waals surface area contributed by atoms with E-state index in [9.17, 15) is 4.39 Å². The summed E-state index contributed by atoms with van der Waals surface area (Å²) in [6, 6.07) is 12.9. The van der Waals surface area contributed by atoms with E-state index in [1.54, 1.807) is 12.1 Å². The Hall–Kier alpha value is -1.15. The second-order valence-electron chi connectivity index (χ2n) is 5.45. The lowest BCUT2D eigenvalue weighted by molar-refractivity contribution is 0.590. The van der Waals surface area contributed by atoms with Crippen LogP contribution < -0.4 is 0 Å². The molecule has 0 aliphatic heterocycles. The summed E-state index contributed by atoms with van der Waals surface area (Å²) in [5.41, 5.74) is 3.51. The van der Waals surface area contributed by atoms with Gasteiger partial charge in [0.1, 0.15) is 5.82 Å². The molecule has 0 aliphatic rings. The first-order valence-corrected chi connectivity index (χ1v) is 6.73. The second kappa shape index (κ2) is 4.85. The van der Waals surface area contributed by atoms with E-state index in [4.69, 9.17) is 0 Å². The van der Waals surface area contributed by atoms with Gasteiger partial charge >= 0.3 is 0 Å². The highest BCUT2D eigenvalue weighted by atomic mass is 79.9. The Morgan fingerprint density at radius 2 is 1.56 bits per heavy atom. The first-order chi connectivity index (χ1) is 8.38. The van der Waals surface area contributed by atoms with Crippen LogP contribution in [0.25, 0.3) is 11.1 Å². The molecule has 0 amide bonds. The summed E-state index contributed by atoms with van der Waals surface area (Å²) in [6.07, 6.45) is 0. The van der Waals surface area contributed by atoms with Gasteiger partial charge < -0.3 is 0 Å². The molecule has 0 heterocycles. The molecule has 0 fully saturated rings. The maximum atomic E-state index is 12.9. The molecule has 2 rings (SSSR count). The number of hydrogen-bond donors (Lipinski definition) is 0. The third kappa shape index (κ3) is 2.81. The third-order valence-corrected chi connectivity index (χ3v) is 3.65. The van der Waals surface area contributed by atoms with Gasteiger partial charge in [-0.1, -0.05) is 61.0 Å². The monoisotopic (exact) mass is 306 g/mol. The highest BCUT2D eigenvalue weighted by Crippen LogP contribution is 2.33. The highest BCUT2D eigenvalue weighted by molar-refractivity contribution is 9.10. The molecule has 0 atom stereocenters. The fraction of sp³-hybridized carbons (Fsp3) is 0.250. The largest absolute Gasteiger partial charge is 0.207 e. The van der Waals surface area contributed by atoms with Crippen LogP contribution in [0, 0.1) is 5.82 Å². The second-order valence-corrected chi connectivity index (χ2v) is 6.31. The average Bonchev–Trinajstić information content (AvgIpc) is 2.29. The van der Waals surface area contributed by atoms with Gasteiger partial charge in [-0.25, -0.2) is 4.39 Å². The van der Waals surface area contributed by atoms with Crippen LogP contribution in [0.2, 0.25) is 0 Å². The van der Waals surface area contributed by atoms with Gasteiger partial charge in [-0.3, -0.25) is 0 Å². The van der Waals surface area contributed by atoms with Crippen molar-refractivity contribution in [2.75, 3.05) is 0 Å². The molecule has 2 aromatic carbocycles. The molecule has 2 heteroatoms. The first kappa shape index (κ1) is 13.3. The van der Waals surface area contributed by atoms with Crippen LogP contribution in [0.3, 0.4) is 0 Å². The van der Waals surface area contributed by atoms with Crippen LogP contribution in [0.1, 0.15) is 26.3 Å². The number of rotatable bonds is 1. The topological polar surface area (TPSA) is 0 Å². The molecule has 0 radical (unpaired) electrons. The first-order valence-electron chi connectivity index (χ1n) is 5.94. The molecule has 94 valence electrons. The summed E-state index contributed by atoms with van der Waals surface area (Å²) in [5, 5.41) is 0. The fourth-order valence-corrected chi connectivity index (χ4v) is 2.45. The Bertz CT molecular complexity index is 550. The molecule has 0 nitrogen and oxygen atoms in total. The van der Waals surface area contributed by atoms with Crippen molar-refractivity contribution in [1.29, 1.82) is 0 Å². The van der Waals surface area contributed by atoms with Crippen LogP contribution in [0.4, 0.5) is 4.39 Å². The molecule has 0 N–H and O–H groups in total. The lowest BCUT2D eigenvalue weighted by atomic mass is 9.86. The Morgan fingerprint density at radius 1 is 0.944 bits per heavy atom. The number of halogens is 2. The fourth-order valence-electron chi connectivity index (χ4n) is 1.85. The summed E-state index contributed by atoms with van der Waals surface area (Å²) in [7, 11) is 0. The maximum absolute atomic E-state index is 12.9. The van der Waals surface area contributed by atoms with Crippen molar-refractivity contribution < 1.29 is 4.39 Å². The van der Waals surface area contributed by atoms with E-state index < -0.39 is 0 Å². The minimum atomic E-state index is -0.207. The van der Waals surface area contributed by atoms with E-state index in [0.29, 0.717) is 0 Å². The van der Waals surface area contributed by atoms with Crippen molar-refractivity contribution in [1.82, 2.24) is 0 Å². The van der Waals surface area contributed by atoms with Crippen molar-refractivity contribution in [2.24, 2.45) is 0 Å². The van der Waals surface area contributed by atoms with E-state index in [1.807, 2.05) is 0 Å². The van der Waals surface area contributed by atoms with Gasteiger partial charge in [-0.05, 0) is 40.3 Å². The van der Waals surface area contributed by atoms with E-state index in [2.05, 4.69) is 54.9 Å². The van der Waals surface area contributed by atoms with Gasteiger partial charge in [-0.15, -0.1) is 0 Å². The SMILES string of the molecule is CC(C)(C)c1ccc(-c2ccc(F)cc2)c(Br)c1. The molecule has 2 aromatic rings. The van der Waals surface area contributed by atoms with E-state index >= 15 is 0 Å². The van der Waals surface area contributed by atoms with Crippen molar-refractivity contribution in [3.8, 4) is 11.1 Å². The van der Waals surface area contributed by atoms with Crippen molar-refractivity contribution >= 4 is 15.9 Å². The smallest absolute Gasteiger partial charge is 0.123 e. The number of benzene rings is 2. The lowest BCUT2D eigenvalue weighted by Crippen LogP contribution is -2.10. The predicted octanol–water partition coefficient (Wildman–Crippen LogP) is 5.55. The molecule has 0 aliphatic carbocycles. The quantitative estimate of drug-likeness (QED) is 0.647. The van der Waals surface area contributed by atoms with Gasteiger partial charge in [-0.2, -0.15) is 0 Å². The van der Waals surface area contributed by atoms with Crippen LogP contribution in [0.15, 0.2) is 46.9 Å². The van der Waals surface area contributed by atoms with Gasteiger partial charge in [0, 0.05) is 4.47 Å². The molecular formula is C16H16BrF. The van der Waals surface area contributed by atoms with Crippen molar-refractivity contribution in [3.63, 3.8) is 0 Å². The Labute approximate surface area is 116 Å². The molecule has 0 unspecified atom stereocenters. The Kier molecular flexibility index (Phi) is 3.58. The van der Waals surface area contributed by atoms with Crippen LogP contribution in [-0.2, 0) is 5.41 Å². The third-order valence-electron chi connectivity index (χ3n) is 2.99. The highest BCUT2D eigenvalue weighted by Gasteiger charge is 2.15. The van der Waals surface area contributed by atoms with Gasteiger partial charge in [0.25, 0.3) is 0 Å². The lowest BCUT2D eigenvalue weighted by Gasteiger charge is -2.20. The minimum absolute atomic E-state index is 0.129. The maximum Gasteiger partial charge on any atom is 0.123 e. The minimum Gasteiger partial charge on any atom is -0.207 e. The average molecular weight is 307 g/mol. The summed E-state index contributed by atoms with van der Waals surface area (Å²) in [4.78, 5) is 0. The zero-order valence-corrected chi connectivity index (χ0v) is 12.4. The van der Waals surface area contributed by atoms with Gasteiger partial charge in [0.15, 0.2) is 0 Å². The Balaban J connectivity index is 2.45. The van der Waals surface area contributed by atoms with E-state index in [0.717, 1.165) is 15.6 Å². The Morgan fingerprint density at radius 3 is 2.06 bits per heavy atom. The van der Waals surface area contributed by atoms with Crippen molar-refractivity contribution in [2.45, 2.75) is 26.2 Å². The predicted molar refractivity (Wildman–Crippen MR) is 78.2 cm³/mol. The number of hydrogen-bond acceptors (Lipinski definition) is 0. The van der Waals surface area contributed by atoms with Crippen molar-refractivity contribution in [3.05, 3.63) is 58.3 Å². The normalized spacial score (nSPS) is 11.6. The zero-order valence-electron chi connectivity index (χ0n) is 10.8. The molecule has 18 heavy (non-hydrogen) atoms. The van der Waals surface area contributed by atoms with Crippen LogP contribution in [0.5, 0.6) is 0 Å². The van der Waals surface area contributed by atoms with Gasteiger partial charge in [0.2, 0.25) is 0 Å². The molecule has 0 aromatic heterocycles. The molecule has 0 saturated carbocycles. The molecule has 0 spiro atoms. The molecule has 0 bridgehead atoms. The zero-order chi connectivity index (χ0) is 13.3.